The van der Waals surface area contributed by atoms with Gasteiger partial charge in [-0.3, -0.25) is 0 Å². The zero-order chi connectivity index (χ0) is 13.8. The SMILES string of the molecule is O=C(Nc1ccc(Cl)cc1F)N1CCCC(CO)C1. The summed E-state index contributed by atoms with van der Waals surface area (Å²) in [6.07, 6.45) is 1.76. The molecular formula is C13H16ClFN2O2. The van der Waals surface area contributed by atoms with E-state index in [-0.39, 0.29) is 29.3 Å². The molecule has 1 unspecified atom stereocenters. The van der Waals surface area contributed by atoms with Gasteiger partial charge in [0, 0.05) is 24.7 Å². The van der Waals surface area contributed by atoms with Crippen molar-refractivity contribution in [1.29, 1.82) is 0 Å². The maximum Gasteiger partial charge on any atom is 0.321 e. The lowest BCUT2D eigenvalue weighted by atomic mass is 9.99. The number of hydrogen-bond acceptors (Lipinski definition) is 2. The molecule has 1 fully saturated rings. The number of carbonyl (C=O) groups is 1. The maximum atomic E-state index is 13.6. The number of likely N-dealkylation sites (tertiary alicyclic amines) is 1. The fourth-order valence-corrected chi connectivity index (χ4v) is 2.34. The number of halogens is 2. The molecule has 1 saturated heterocycles. The Morgan fingerprint density at radius 2 is 2.37 bits per heavy atom. The van der Waals surface area contributed by atoms with Crippen molar-refractivity contribution in [3.05, 3.63) is 29.0 Å². The fourth-order valence-electron chi connectivity index (χ4n) is 2.18. The monoisotopic (exact) mass is 286 g/mol. The van der Waals surface area contributed by atoms with E-state index in [0.717, 1.165) is 18.9 Å². The number of anilines is 1. The number of urea groups is 1. The summed E-state index contributed by atoms with van der Waals surface area (Å²) in [6, 6.07) is 3.76. The van der Waals surface area contributed by atoms with Gasteiger partial charge in [-0.05, 0) is 37.0 Å². The number of nitrogens with one attached hydrogen (secondary N) is 1. The van der Waals surface area contributed by atoms with Crippen LogP contribution in [-0.2, 0) is 0 Å². The first-order chi connectivity index (χ1) is 9.10. The zero-order valence-corrected chi connectivity index (χ0v) is 11.2. The van der Waals surface area contributed by atoms with Crippen LogP contribution in [0.25, 0.3) is 0 Å². The van der Waals surface area contributed by atoms with Crippen LogP contribution in [0.1, 0.15) is 12.8 Å². The van der Waals surface area contributed by atoms with E-state index in [0.29, 0.717) is 13.1 Å². The largest absolute Gasteiger partial charge is 0.396 e. The van der Waals surface area contributed by atoms with Crippen LogP contribution >= 0.6 is 11.6 Å². The number of amides is 2. The normalized spacial score (nSPS) is 19.3. The molecule has 0 radical (unpaired) electrons. The molecule has 0 saturated carbocycles. The molecule has 2 amide bonds. The van der Waals surface area contributed by atoms with Crippen molar-refractivity contribution in [2.24, 2.45) is 5.92 Å². The molecule has 0 bridgehead atoms. The number of aliphatic hydroxyl groups excluding tert-OH is 1. The van der Waals surface area contributed by atoms with Gasteiger partial charge in [0.1, 0.15) is 5.82 Å². The number of nitrogens with zero attached hydrogens (tertiary/aromatic N) is 1. The minimum absolute atomic E-state index is 0.0685. The van der Waals surface area contributed by atoms with Crippen LogP contribution in [0.5, 0.6) is 0 Å². The predicted molar refractivity (Wildman–Crippen MR) is 71.8 cm³/mol. The first-order valence-corrected chi connectivity index (χ1v) is 6.60. The van der Waals surface area contributed by atoms with E-state index in [1.54, 1.807) is 4.90 Å². The molecule has 0 spiro atoms. The molecule has 1 heterocycles. The number of rotatable bonds is 2. The molecule has 1 aromatic rings. The van der Waals surface area contributed by atoms with Crippen LogP contribution in [0.15, 0.2) is 18.2 Å². The fraction of sp³-hybridized carbons (Fsp3) is 0.462. The smallest absolute Gasteiger partial charge is 0.321 e. The molecule has 2 N–H and O–H groups in total. The van der Waals surface area contributed by atoms with Crippen molar-refractivity contribution in [3.8, 4) is 0 Å². The van der Waals surface area contributed by atoms with Crippen LogP contribution in [0.3, 0.4) is 0 Å². The van der Waals surface area contributed by atoms with Gasteiger partial charge in [-0.15, -0.1) is 0 Å². The lowest BCUT2D eigenvalue weighted by molar-refractivity contribution is 0.136. The molecule has 1 aromatic carbocycles. The second-order valence-electron chi connectivity index (χ2n) is 4.69. The molecule has 1 aliphatic rings. The first-order valence-electron chi connectivity index (χ1n) is 6.22. The van der Waals surface area contributed by atoms with Crippen molar-refractivity contribution < 1.29 is 14.3 Å². The molecule has 1 aliphatic heterocycles. The number of benzene rings is 1. The highest BCUT2D eigenvalue weighted by molar-refractivity contribution is 6.30. The summed E-state index contributed by atoms with van der Waals surface area (Å²) in [7, 11) is 0. The minimum atomic E-state index is -0.559. The van der Waals surface area contributed by atoms with Crippen molar-refractivity contribution in [2.75, 3.05) is 25.0 Å². The summed E-state index contributed by atoms with van der Waals surface area (Å²) in [6.45, 7) is 1.19. The van der Waals surface area contributed by atoms with Crippen LogP contribution in [-0.4, -0.2) is 35.7 Å². The van der Waals surface area contributed by atoms with Gasteiger partial charge in [0.2, 0.25) is 0 Å². The van der Waals surface area contributed by atoms with Gasteiger partial charge in [0.05, 0.1) is 5.69 Å². The van der Waals surface area contributed by atoms with E-state index in [4.69, 9.17) is 16.7 Å². The summed E-state index contributed by atoms with van der Waals surface area (Å²) in [5.41, 5.74) is 0.112. The Balaban J connectivity index is 2.00. The Morgan fingerprint density at radius 1 is 1.58 bits per heavy atom. The average molecular weight is 287 g/mol. The molecule has 19 heavy (non-hydrogen) atoms. The zero-order valence-electron chi connectivity index (χ0n) is 10.4. The second-order valence-corrected chi connectivity index (χ2v) is 5.13. The van der Waals surface area contributed by atoms with Crippen molar-refractivity contribution in [1.82, 2.24) is 4.90 Å². The first kappa shape index (κ1) is 14.1. The third kappa shape index (κ3) is 3.58. The lowest BCUT2D eigenvalue weighted by Gasteiger charge is -2.31. The average Bonchev–Trinajstić information content (AvgIpc) is 2.42. The Kier molecular flexibility index (Phi) is 4.61. The van der Waals surface area contributed by atoms with E-state index in [9.17, 15) is 9.18 Å². The van der Waals surface area contributed by atoms with Crippen LogP contribution in [0.4, 0.5) is 14.9 Å². The summed E-state index contributed by atoms with van der Waals surface area (Å²) < 4.78 is 13.6. The van der Waals surface area contributed by atoms with Gasteiger partial charge < -0.3 is 15.3 Å². The van der Waals surface area contributed by atoms with Gasteiger partial charge in [0.25, 0.3) is 0 Å². The van der Waals surface area contributed by atoms with Gasteiger partial charge in [-0.1, -0.05) is 11.6 Å². The van der Waals surface area contributed by atoms with E-state index in [2.05, 4.69) is 5.32 Å². The maximum absolute atomic E-state index is 13.6. The second kappa shape index (κ2) is 6.21. The Bertz CT molecular complexity index is 470. The van der Waals surface area contributed by atoms with E-state index in [1.807, 2.05) is 0 Å². The van der Waals surface area contributed by atoms with Gasteiger partial charge >= 0.3 is 6.03 Å². The molecule has 0 aromatic heterocycles. The minimum Gasteiger partial charge on any atom is -0.396 e. The highest BCUT2D eigenvalue weighted by Crippen LogP contribution is 2.21. The van der Waals surface area contributed by atoms with Crippen LogP contribution < -0.4 is 5.32 Å². The highest BCUT2D eigenvalue weighted by atomic mass is 35.5. The number of piperidine rings is 1. The van der Waals surface area contributed by atoms with Crippen LogP contribution in [0.2, 0.25) is 5.02 Å². The standard InChI is InChI=1S/C13H16ClFN2O2/c14-10-3-4-12(11(15)6-10)16-13(19)17-5-1-2-9(7-17)8-18/h3-4,6,9,18H,1-2,5,7-8H2,(H,16,19). The summed E-state index contributed by atoms with van der Waals surface area (Å²) in [5.74, 6) is -0.453. The van der Waals surface area contributed by atoms with Crippen molar-refractivity contribution in [3.63, 3.8) is 0 Å². The molecule has 4 nitrogen and oxygen atoms in total. The molecule has 0 aliphatic carbocycles. The molecule has 2 rings (SSSR count). The molecule has 104 valence electrons. The third-order valence-electron chi connectivity index (χ3n) is 3.24. The third-order valence-corrected chi connectivity index (χ3v) is 3.47. The van der Waals surface area contributed by atoms with E-state index >= 15 is 0 Å². The Morgan fingerprint density at radius 3 is 3.05 bits per heavy atom. The predicted octanol–water partition coefficient (Wildman–Crippen LogP) is 2.72. The van der Waals surface area contributed by atoms with Crippen molar-refractivity contribution >= 4 is 23.3 Å². The number of hydrogen-bond donors (Lipinski definition) is 2. The summed E-state index contributed by atoms with van der Waals surface area (Å²) >= 11 is 5.65. The van der Waals surface area contributed by atoms with E-state index < -0.39 is 5.82 Å². The van der Waals surface area contributed by atoms with Crippen LogP contribution in [0, 0.1) is 11.7 Å². The highest BCUT2D eigenvalue weighted by Gasteiger charge is 2.23. The molecule has 6 heteroatoms. The Labute approximate surface area is 116 Å². The lowest BCUT2D eigenvalue weighted by Crippen LogP contribution is -2.43. The topological polar surface area (TPSA) is 52.6 Å². The Hall–Kier alpha value is -1.33. The number of carbonyl (C=O) groups excluding carboxylic acids is 1. The summed E-state index contributed by atoms with van der Waals surface area (Å²) in [4.78, 5) is 13.6. The van der Waals surface area contributed by atoms with Gasteiger partial charge in [-0.2, -0.15) is 0 Å². The molecular weight excluding hydrogens is 271 g/mol. The van der Waals surface area contributed by atoms with Gasteiger partial charge in [-0.25, -0.2) is 9.18 Å². The van der Waals surface area contributed by atoms with E-state index in [1.165, 1.54) is 12.1 Å². The molecule has 1 atom stereocenters. The quantitative estimate of drug-likeness (QED) is 0.878. The van der Waals surface area contributed by atoms with Crippen molar-refractivity contribution in [2.45, 2.75) is 12.8 Å². The number of aliphatic hydroxyl groups is 1. The summed E-state index contributed by atoms with van der Waals surface area (Å²) in [5, 5.41) is 11.9. The van der Waals surface area contributed by atoms with Gasteiger partial charge in [0.15, 0.2) is 0 Å².